The maximum atomic E-state index is 5.18. The summed E-state index contributed by atoms with van der Waals surface area (Å²) in [5, 5.41) is 15.0. The van der Waals surface area contributed by atoms with Crippen molar-refractivity contribution in [1.29, 1.82) is 0 Å². The van der Waals surface area contributed by atoms with Gasteiger partial charge in [0.1, 0.15) is 11.5 Å². The number of benzene rings is 2. The van der Waals surface area contributed by atoms with Gasteiger partial charge in [0.25, 0.3) is 5.95 Å². The molecular weight excluding hydrogens is 362 g/mol. The first-order valence-corrected chi connectivity index (χ1v) is 7.54. The Balaban J connectivity index is 1.88. The van der Waals surface area contributed by atoms with Crippen LogP contribution in [0.5, 0.6) is 11.5 Å². The molecule has 118 valence electrons. The number of anilines is 2. The number of rotatable bonds is 5. The van der Waals surface area contributed by atoms with Crippen molar-refractivity contribution < 1.29 is 9.47 Å². The molecule has 3 aromatic rings. The quantitative estimate of drug-likeness (QED) is 0.737. The van der Waals surface area contributed by atoms with Crippen LogP contribution in [0.1, 0.15) is 0 Å². The van der Waals surface area contributed by atoms with Crippen LogP contribution < -0.4 is 14.8 Å². The Labute approximate surface area is 141 Å². The zero-order valence-electron chi connectivity index (χ0n) is 12.5. The maximum absolute atomic E-state index is 5.18. The molecule has 1 N–H and O–H groups in total. The van der Waals surface area contributed by atoms with Crippen LogP contribution in [0.3, 0.4) is 0 Å². The fourth-order valence-electron chi connectivity index (χ4n) is 2.01. The molecular formula is C15H14BrN5O2. The Hall–Kier alpha value is -2.61. The number of methoxy groups -OCH3 is 2. The summed E-state index contributed by atoms with van der Waals surface area (Å²) in [4.78, 5) is 0. The van der Waals surface area contributed by atoms with E-state index in [0.29, 0.717) is 5.95 Å². The van der Waals surface area contributed by atoms with Gasteiger partial charge < -0.3 is 14.8 Å². The molecule has 0 aliphatic heterocycles. The van der Waals surface area contributed by atoms with E-state index in [1.165, 1.54) is 0 Å². The number of hydrogen-bond acceptors (Lipinski definition) is 6. The van der Waals surface area contributed by atoms with E-state index in [9.17, 15) is 0 Å². The normalized spacial score (nSPS) is 10.4. The van der Waals surface area contributed by atoms with Gasteiger partial charge in [-0.1, -0.05) is 5.10 Å². The zero-order chi connectivity index (χ0) is 16.2. The highest BCUT2D eigenvalue weighted by molar-refractivity contribution is 9.10. The van der Waals surface area contributed by atoms with Gasteiger partial charge in [0.15, 0.2) is 0 Å². The largest absolute Gasteiger partial charge is 0.497 e. The highest BCUT2D eigenvalue weighted by atomic mass is 79.9. The molecule has 23 heavy (non-hydrogen) atoms. The van der Waals surface area contributed by atoms with Crippen LogP contribution in [0.25, 0.3) is 5.69 Å². The Bertz CT molecular complexity index is 804. The van der Waals surface area contributed by atoms with Gasteiger partial charge >= 0.3 is 0 Å². The summed E-state index contributed by atoms with van der Waals surface area (Å²) in [5.41, 5.74) is 1.65. The molecule has 1 heterocycles. The van der Waals surface area contributed by atoms with Crippen LogP contribution in [-0.4, -0.2) is 34.4 Å². The van der Waals surface area contributed by atoms with Crippen molar-refractivity contribution in [3.8, 4) is 17.2 Å². The predicted molar refractivity (Wildman–Crippen MR) is 89.7 cm³/mol. The van der Waals surface area contributed by atoms with E-state index in [4.69, 9.17) is 9.47 Å². The summed E-state index contributed by atoms with van der Waals surface area (Å²) in [6.45, 7) is 0. The number of nitrogens with zero attached hydrogens (tertiary/aromatic N) is 4. The van der Waals surface area contributed by atoms with E-state index in [1.807, 2.05) is 42.5 Å². The summed E-state index contributed by atoms with van der Waals surface area (Å²) in [7, 11) is 3.25. The maximum Gasteiger partial charge on any atom is 0.252 e. The van der Waals surface area contributed by atoms with E-state index in [-0.39, 0.29) is 0 Å². The first-order chi connectivity index (χ1) is 11.2. The monoisotopic (exact) mass is 375 g/mol. The Morgan fingerprint density at radius 3 is 2.35 bits per heavy atom. The SMILES string of the molecule is COc1ccc(-n2nnnc2Nc2ccc(OC)cc2Br)cc1. The average molecular weight is 376 g/mol. The number of nitrogens with one attached hydrogen (secondary N) is 1. The third-order valence-corrected chi connectivity index (χ3v) is 3.87. The molecule has 0 fully saturated rings. The van der Waals surface area contributed by atoms with Crippen molar-refractivity contribution in [2.75, 3.05) is 19.5 Å². The van der Waals surface area contributed by atoms with Crippen LogP contribution in [0.2, 0.25) is 0 Å². The molecule has 0 spiro atoms. The summed E-state index contributed by atoms with van der Waals surface area (Å²) >= 11 is 3.50. The van der Waals surface area contributed by atoms with E-state index in [2.05, 4.69) is 36.8 Å². The molecule has 0 saturated heterocycles. The molecule has 0 aliphatic rings. The fourth-order valence-corrected chi connectivity index (χ4v) is 2.46. The first-order valence-electron chi connectivity index (χ1n) is 6.74. The summed E-state index contributed by atoms with van der Waals surface area (Å²) in [5.74, 6) is 2.03. The molecule has 0 aliphatic carbocycles. The highest BCUT2D eigenvalue weighted by Crippen LogP contribution is 2.29. The van der Waals surface area contributed by atoms with E-state index in [0.717, 1.165) is 27.3 Å². The first kappa shape index (κ1) is 15.3. The van der Waals surface area contributed by atoms with Crippen molar-refractivity contribution in [2.45, 2.75) is 0 Å². The Kier molecular flexibility index (Phi) is 4.42. The van der Waals surface area contributed by atoms with Gasteiger partial charge in [-0.05, 0) is 68.8 Å². The van der Waals surface area contributed by atoms with Gasteiger partial charge in [0, 0.05) is 4.47 Å². The Morgan fingerprint density at radius 2 is 1.70 bits per heavy atom. The van der Waals surface area contributed by atoms with Crippen LogP contribution >= 0.6 is 15.9 Å². The fraction of sp³-hybridized carbons (Fsp3) is 0.133. The molecule has 0 saturated carbocycles. The third-order valence-electron chi connectivity index (χ3n) is 3.21. The zero-order valence-corrected chi connectivity index (χ0v) is 14.1. The van der Waals surface area contributed by atoms with E-state index >= 15 is 0 Å². The van der Waals surface area contributed by atoms with Crippen LogP contribution in [0.4, 0.5) is 11.6 Å². The minimum Gasteiger partial charge on any atom is -0.497 e. The smallest absolute Gasteiger partial charge is 0.252 e. The number of ether oxygens (including phenoxy) is 2. The lowest BCUT2D eigenvalue weighted by Crippen LogP contribution is -2.04. The van der Waals surface area contributed by atoms with Crippen molar-refractivity contribution in [3.63, 3.8) is 0 Å². The molecule has 0 bridgehead atoms. The van der Waals surface area contributed by atoms with Gasteiger partial charge in [0.2, 0.25) is 0 Å². The van der Waals surface area contributed by atoms with Crippen molar-refractivity contribution >= 4 is 27.6 Å². The standard InChI is InChI=1S/C15H14BrN5O2/c1-22-11-5-3-10(4-6-11)21-15(18-19-20-21)17-14-8-7-12(23-2)9-13(14)16/h3-9H,1-2H3,(H,17,18,20). The van der Waals surface area contributed by atoms with Crippen LogP contribution in [0.15, 0.2) is 46.9 Å². The second-order valence-corrected chi connectivity index (χ2v) is 5.44. The molecule has 2 aromatic carbocycles. The molecule has 0 amide bonds. The number of aromatic nitrogens is 4. The minimum absolute atomic E-state index is 0.501. The number of halogens is 1. The van der Waals surface area contributed by atoms with Gasteiger partial charge in [0.05, 0.1) is 25.6 Å². The van der Waals surface area contributed by atoms with Crippen molar-refractivity contribution in [1.82, 2.24) is 20.2 Å². The lowest BCUT2D eigenvalue weighted by molar-refractivity contribution is 0.414. The second-order valence-electron chi connectivity index (χ2n) is 4.58. The summed E-state index contributed by atoms with van der Waals surface area (Å²) in [6, 6.07) is 13.1. The second kappa shape index (κ2) is 6.66. The Morgan fingerprint density at radius 1 is 1.00 bits per heavy atom. The molecule has 1 aromatic heterocycles. The molecule has 8 heteroatoms. The van der Waals surface area contributed by atoms with Gasteiger partial charge in [-0.2, -0.15) is 4.68 Å². The average Bonchev–Trinajstić information content (AvgIpc) is 3.05. The van der Waals surface area contributed by atoms with Crippen molar-refractivity contribution in [2.24, 2.45) is 0 Å². The van der Waals surface area contributed by atoms with Crippen molar-refractivity contribution in [3.05, 3.63) is 46.9 Å². The minimum atomic E-state index is 0.501. The molecule has 0 radical (unpaired) electrons. The third kappa shape index (κ3) is 3.26. The number of tetrazole rings is 1. The highest BCUT2D eigenvalue weighted by Gasteiger charge is 2.10. The van der Waals surface area contributed by atoms with Gasteiger partial charge in [-0.25, -0.2) is 0 Å². The molecule has 0 unspecified atom stereocenters. The van der Waals surface area contributed by atoms with Gasteiger partial charge in [-0.15, -0.1) is 0 Å². The lowest BCUT2D eigenvalue weighted by Gasteiger charge is -2.10. The van der Waals surface area contributed by atoms with Crippen LogP contribution in [0, 0.1) is 0 Å². The lowest BCUT2D eigenvalue weighted by atomic mass is 10.3. The summed E-state index contributed by atoms with van der Waals surface area (Å²) < 4.78 is 12.8. The van der Waals surface area contributed by atoms with Gasteiger partial charge in [-0.3, -0.25) is 0 Å². The molecule has 7 nitrogen and oxygen atoms in total. The van der Waals surface area contributed by atoms with E-state index in [1.54, 1.807) is 18.9 Å². The van der Waals surface area contributed by atoms with E-state index < -0.39 is 0 Å². The molecule has 0 atom stereocenters. The molecule has 3 rings (SSSR count). The predicted octanol–water partition coefficient (Wildman–Crippen LogP) is 3.19. The summed E-state index contributed by atoms with van der Waals surface area (Å²) in [6.07, 6.45) is 0. The topological polar surface area (TPSA) is 74.1 Å². The van der Waals surface area contributed by atoms with Crippen LogP contribution in [-0.2, 0) is 0 Å². The number of hydrogen-bond donors (Lipinski definition) is 1.